The van der Waals surface area contributed by atoms with Crippen molar-refractivity contribution in [3.63, 3.8) is 0 Å². The smallest absolute Gasteiger partial charge is 0.129 e. The van der Waals surface area contributed by atoms with Crippen LogP contribution in [0.4, 0.5) is 8.78 Å². The second kappa shape index (κ2) is 7.29. The number of nitrogens with one attached hydrogen (secondary N) is 1. The molecule has 2 nitrogen and oxygen atoms in total. The van der Waals surface area contributed by atoms with Gasteiger partial charge in [0.05, 0.1) is 6.10 Å². The minimum Gasteiger partial charge on any atom is -0.387 e. The molecule has 112 valence electrons. The van der Waals surface area contributed by atoms with Gasteiger partial charge in [0.1, 0.15) is 11.6 Å². The maximum Gasteiger partial charge on any atom is 0.129 e. The third-order valence-electron chi connectivity index (χ3n) is 3.42. The molecule has 1 unspecified atom stereocenters. The summed E-state index contributed by atoms with van der Waals surface area (Å²) in [6, 6.07) is 11.2. The van der Waals surface area contributed by atoms with Gasteiger partial charge in [-0.3, -0.25) is 0 Å². The summed E-state index contributed by atoms with van der Waals surface area (Å²) in [5.74, 6) is -1.15. The highest BCUT2D eigenvalue weighted by Crippen LogP contribution is 2.17. The topological polar surface area (TPSA) is 32.3 Å². The zero-order valence-corrected chi connectivity index (χ0v) is 11.9. The van der Waals surface area contributed by atoms with Crippen molar-refractivity contribution >= 4 is 0 Å². The van der Waals surface area contributed by atoms with Crippen LogP contribution < -0.4 is 5.32 Å². The lowest BCUT2D eigenvalue weighted by molar-refractivity contribution is 0.169. The molecule has 0 aliphatic rings. The Kier molecular flexibility index (Phi) is 5.42. The largest absolute Gasteiger partial charge is 0.387 e. The van der Waals surface area contributed by atoms with Crippen molar-refractivity contribution in [1.29, 1.82) is 0 Å². The van der Waals surface area contributed by atoms with Gasteiger partial charge in [-0.2, -0.15) is 0 Å². The molecule has 0 aliphatic carbocycles. The van der Waals surface area contributed by atoms with E-state index in [1.54, 1.807) is 0 Å². The van der Waals surface area contributed by atoms with E-state index in [2.05, 4.69) is 24.4 Å². The molecule has 0 saturated carbocycles. The van der Waals surface area contributed by atoms with Crippen LogP contribution in [0.25, 0.3) is 0 Å². The lowest BCUT2D eigenvalue weighted by atomic mass is 10.1. The van der Waals surface area contributed by atoms with Crippen molar-refractivity contribution in [2.75, 3.05) is 6.54 Å². The van der Waals surface area contributed by atoms with Crippen molar-refractivity contribution in [2.24, 2.45) is 0 Å². The molecule has 4 heteroatoms. The second-order valence-corrected chi connectivity index (χ2v) is 4.98. The van der Waals surface area contributed by atoms with Crippen LogP contribution in [0.3, 0.4) is 0 Å². The van der Waals surface area contributed by atoms with Gasteiger partial charge in [0, 0.05) is 18.7 Å². The number of rotatable bonds is 6. The molecule has 21 heavy (non-hydrogen) atoms. The maximum atomic E-state index is 13.5. The van der Waals surface area contributed by atoms with Crippen molar-refractivity contribution in [3.05, 3.63) is 70.8 Å². The molecule has 2 aromatic carbocycles. The zero-order chi connectivity index (χ0) is 15.2. The van der Waals surface area contributed by atoms with E-state index < -0.39 is 17.7 Å². The number of aliphatic hydroxyl groups is 1. The van der Waals surface area contributed by atoms with Crippen molar-refractivity contribution in [2.45, 2.75) is 26.0 Å². The third kappa shape index (κ3) is 4.34. The predicted molar refractivity (Wildman–Crippen MR) is 78.8 cm³/mol. The normalized spacial score (nSPS) is 12.4. The average molecular weight is 291 g/mol. The molecular formula is C17H19F2NO. The summed E-state index contributed by atoms with van der Waals surface area (Å²) in [4.78, 5) is 0. The first-order chi connectivity index (χ1) is 10.1. The van der Waals surface area contributed by atoms with E-state index in [0.29, 0.717) is 6.54 Å². The van der Waals surface area contributed by atoms with Gasteiger partial charge in [0.2, 0.25) is 0 Å². The minimum atomic E-state index is -1.07. The Morgan fingerprint density at radius 1 is 1.05 bits per heavy atom. The van der Waals surface area contributed by atoms with Gasteiger partial charge in [-0.1, -0.05) is 31.2 Å². The molecule has 0 fully saturated rings. The van der Waals surface area contributed by atoms with Crippen LogP contribution in [0.15, 0.2) is 42.5 Å². The molecule has 0 heterocycles. The van der Waals surface area contributed by atoms with Crippen LogP contribution in [-0.4, -0.2) is 11.7 Å². The molecule has 0 spiro atoms. The Morgan fingerprint density at radius 3 is 2.38 bits per heavy atom. The van der Waals surface area contributed by atoms with Gasteiger partial charge < -0.3 is 10.4 Å². The van der Waals surface area contributed by atoms with Crippen LogP contribution in [-0.2, 0) is 13.0 Å². The first kappa shape index (κ1) is 15.6. The maximum absolute atomic E-state index is 13.5. The van der Waals surface area contributed by atoms with E-state index in [-0.39, 0.29) is 12.1 Å². The fraction of sp³-hybridized carbons (Fsp3) is 0.294. The Hall–Kier alpha value is -1.78. The summed E-state index contributed by atoms with van der Waals surface area (Å²) >= 11 is 0. The number of hydrogen-bond donors (Lipinski definition) is 2. The first-order valence-corrected chi connectivity index (χ1v) is 7.01. The lowest BCUT2D eigenvalue weighted by Gasteiger charge is -2.13. The third-order valence-corrected chi connectivity index (χ3v) is 3.42. The molecule has 0 amide bonds. The molecule has 1 atom stereocenters. The Labute approximate surface area is 123 Å². The number of aliphatic hydroxyl groups excluding tert-OH is 1. The van der Waals surface area contributed by atoms with Gasteiger partial charge in [0.15, 0.2) is 0 Å². The summed E-state index contributed by atoms with van der Waals surface area (Å²) in [7, 11) is 0. The zero-order valence-electron chi connectivity index (χ0n) is 11.9. The van der Waals surface area contributed by atoms with Crippen LogP contribution >= 0.6 is 0 Å². The summed E-state index contributed by atoms with van der Waals surface area (Å²) < 4.78 is 26.6. The fourth-order valence-corrected chi connectivity index (χ4v) is 2.13. The molecule has 2 N–H and O–H groups in total. The summed E-state index contributed by atoms with van der Waals surface area (Å²) in [6.07, 6.45) is -0.0822. The minimum absolute atomic E-state index is 0.0242. The monoisotopic (exact) mass is 291 g/mol. The lowest BCUT2D eigenvalue weighted by Crippen LogP contribution is -2.21. The molecule has 2 rings (SSSR count). The fourth-order valence-electron chi connectivity index (χ4n) is 2.13. The van der Waals surface area contributed by atoms with Gasteiger partial charge >= 0.3 is 0 Å². The van der Waals surface area contributed by atoms with Crippen molar-refractivity contribution in [3.8, 4) is 0 Å². The standard InChI is InChI=1S/C17H19F2NO/c1-2-12-3-5-13(6-4-12)10-20-11-17(21)15-9-14(18)7-8-16(15)19/h3-9,17,20-21H,2,10-11H2,1H3. The van der Waals surface area contributed by atoms with Crippen molar-refractivity contribution in [1.82, 2.24) is 5.32 Å². The SMILES string of the molecule is CCc1ccc(CNCC(O)c2cc(F)ccc2F)cc1. The van der Waals surface area contributed by atoms with Crippen LogP contribution in [0.1, 0.15) is 29.7 Å². The van der Waals surface area contributed by atoms with Gasteiger partial charge in [-0.25, -0.2) is 8.78 Å². The van der Waals surface area contributed by atoms with Crippen LogP contribution in [0, 0.1) is 11.6 Å². The van der Waals surface area contributed by atoms with Crippen molar-refractivity contribution < 1.29 is 13.9 Å². The summed E-state index contributed by atoms with van der Waals surface area (Å²) in [5, 5.41) is 13.0. The first-order valence-electron chi connectivity index (χ1n) is 7.01. The van der Waals surface area contributed by atoms with Gasteiger partial charge in [-0.05, 0) is 35.7 Å². The van der Waals surface area contributed by atoms with E-state index in [9.17, 15) is 13.9 Å². The average Bonchev–Trinajstić information content (AvgIpc) is 2.50. The number of benzene rings is 2. The van der Waals surface area contributed by atoms with E-state index >= 15 is 0 Å². The van der Waals surface area contributed by atoms with E-state index in [1.165, 1.54) is 5.56 Å². The van der Waals surface area contributed by atoms with E-state index in [0.717, 1.165) is 30.2 Å². The highest BCUT2D eigenvalue weighted by molar-refractivity contribution is 5.23. The highest BCUT2D eigenvalue weighted by Gasteiger charge is 2.13. The molecule has 2 aromatic rings. The quantitative estimate of drug-likeness (QED) is 0.855. The Morgan fingerprint density at radius 2 is 1.71 bits per heavy atom. The number of halogens is 2. The van der Waals surface area contributed by atoms with Crippen LogP contribution in [0.2, 0.25) is 0 Å². The molecule has 0 aromatic heterocycles. The number of aryl methyl sites for hydroxylation is 1. The Balaban J connectivity index is 1.88. The summed E-state index contributed by atoms with van der Waals surface area (Å²) in [5.41, 5.74) is 2.32. The predicted octanol–water partition coefficient (Wildman–Crippen LogP) is 3.35. The van der Waals surface area contributed by atoms with Crippen LogP contribution in [0.5, 0.6) is 0 Å². The van der Waals surface area contributed by atoms with E-state index in [1.807, 2.05) is 12.1 Å². The van der Waals surface area contributed by atoms with Gasteiger partial charge in [0.25, 0.3) is 0 Å². The van der Waals surface area contributed by atoms with E-state index in [4.69, 9.17) is 0 Å². The van der Waals surface area contributed by atoms with Gasteiger partial charge in [-0.15, -0.1) is 0 Å². The molecule has 0 bridgehead atoms. The Bertz CT molecular complexity index is 584. The molecule has 0 radical (unpaired) electrons. The molecular weight excluding hydrogens is 272 g/mol. The highest BCUT2D eigenvalue weighted by atomic mass is 19.1. The number of hydrogen-bond acceptors (Lipinski definition) is 2. The molecule has 0 aliphatic heterocycles. The second-order valence-electron chi connectivity index (χ2n) is 4.98. The summed E-state index contributed by atoms with van der Waals surface area (Å²) in [6.45, 7) is 2.82. The molecule has 0 saturated heterocycles.